The lowest BCUT2D eigenvalue weighted by Crippen LogP contribution is -2.13. The van der Waals surface area contributed by atoms with E-state index in [0.29, 0.717) is 30.3 Å². The summed E-state index contributed by atoms with van der Waals surface area (Å²) in [5, 5.41) is 0. The molecule has 44 heavy (non-hydrogen) atoms. The van der Waals surface area contributed by atoms with Crippen LogP contribution in [0, 0.1) is 0 Å². The largest absolute Gasteiger partial charge is 0.494 e. The molecule has 3 aromatic rings. The number of hydrogen-bond donors (Lipinski definition) is 0. The highest BCUT2D eigenvalue weighted by Gasteiger charge is 2.13. The minimum Gasteiger partial charge on any atom is -0.494 e. The standard InChI is InChI=1S/C37H46O7/c1-3-5-7-8-9-10-11-12-13-14-28-42-32-21-17-30(18-22-32)37(40)44-35-26-24-33(23-25-34(35)38)43-36(39)29-15-19-31(20-16-29)41-27-6-4-2/h15-26H,3-14,27-28H2,1-2H3. The summed E-state index contributed by atoms with van der Waals surface area (Å²) in [6, 6.07) is 18.6. The molecule has 0 saturated carbocycles. The zero-order chi connectivity index (χ0) is 31.4. The first-order chi connectivity index (χ1) is 21.5. The Morgan fingerprint density at radius 3 is 1.45 bits per heavy atom. The van der Waals surface area contributed by atoms with Crippen molar-refractivity contribution in [1.82, 2.24) is 0 Å². The van der Waals surface area contributed by atoms with Gasteiger partial charge in [0.05, 0.1) is 24.3 Å². The van der Waals surface area contributed by atoms with Crippen molar-refractivity contribution in [3.8, 4) is 23.0 Å². The Morgan fingerprint density at radius 1 is 0.477 bits per heavy atom. The highest BCUT2D eigenvalue weighted by molar-refractivity contribution is 5.92. The number of hydrogen-bond acceptors (Lipinski definition) is 7. The van der Waals surface area contributed by atoms with Gasteiger partial charge in [0.25, 0.3) is 0 Å². The zero-order valence-electron chi connectivity index (χ0n) is 26.2. The summed E-state index contributed by atoms with van der Waals surface area (Å²) in [7, 11) is 0. The van der Waals surface area contributed by atoms with Crippen LogP contribution in [0.1, 0.15) is 112 Å². The highest BCUT2D eigenvalue weighted by Crippen LogP contribution is 2.19. The normalized spacial score (nSPS) is 10.7. The molecule has 0 unspecified atom stereocenters. The number of ether oxygens (including phenoxy) is 4. The average molecular weight is 603 g/mol. The second-order valence-corrected chi connectivity index (χ2v) is 10.9. The summed E-state index contributed by atoms with van der Waals surface area (Å²) >= 11 is 0. The van der Waals surface area contributed by atoms with Crippen LogP contribution in [0.5, 0.6) is 23.0 Å². The molecular formula is C37H46O7. The minimum atomic E-state index is -0.672. The third-order valence-electron chi connectivity index (χ3n) is 7.17. The Balaban J connectivity index is 1.42. The number of rotatable bonds is 20. The maximum Gasteiger partial charge on any atom is 0.343 e. The molecule has 0 aliphatic rings. The molecule has 3 rings (SSSR count). The fraction of sp³-hybridized carbons (Fsp3) is 0.432. The molecule has 0 atom stereocenters. The third-order valence-corrected chi connectivity index (χ3v) is 7.17. The van der Waals surface area contributed by atoms with Crippen LogP contribution in [-0.2, 0) is 0 Å². The predicted molar refractivity (Wildman–Crippen MR) is 173 cm³/mol. The summed E-state index contributed by atoms with van der Waals surface area (Å²) in [5.74, 6) is 0.0640. The molecule has 0 spiro atoms. The van der Waals surface area contributed by atoms with E-state index in [2.05, 4.69) is 13.8 Å². The molecule has 236 valence electrons. The maximum absolute atomic E-state index is 12.7. The number of carbonyl (C=O) groups excluding carboxylic acids is 2. The minimum absolute atomic E-state index is 0.140. The summed E-state index contributed by atoms with van der Waals surface area (Å²) in [6.07, 6.45) is 14.6. The highest BCUT2D eigenvalue weighted by atomic mass is 16.5. The van der Waals surface area contributed by atoms with E-state index in [1.165, 1.54) is 75.6 Å². The molecular weight excluding hydrogens is 556 g/mol. The molecule has 0 fully saturated rings. The quantitative estimate of drug-likeness (QED) is 0.0942. The molecule has 0 bridgehead atoms. The Bertz CT molecular complexity index is 1330. The van der Waals surface area contributed by atoms with Gasteiger partial charge < -0.3 is 18.9 Å². The van der Waals surface area contributed by atoms with Gasteiger partial charge in [0, 0.05) is 0 Å². The van der Waals surface area contributed by atoms with Crippen molar-refractivity contribution in [2.45, 2.75) is 90.9 Å². The van der Waals surface area contributed by atoms with Gasteiger partial charge in [-0.3, -0.25) is 4.79 Å². The van der Waals surface area contributed by atoms with Crippen LogP contribution in [0.4, 0.5) is 0 Å². The van der Waals surface area contributed by atoms with E-state index in [9.17, 15) is 14.4 Å². The Labute approximate surface area is 261 Å². The topological polar surface area (TPSA) is 88.1 Å². The Kier molecular flexibility index (Phi) is 15.6. The first-order valence-electron chi connectivity index (χ1n) is 16.0. The number of esters is 2. The molecule has 7 nitrogen and oxygen atoms in total. The van der Waals surface area contributed by atoms with Gasteiger partial charge in [-0.1, -0.05) is 78.1 Å². The maximum atomic E-state index is 12.7. The van der Waals surface area contributed by atoms with Crippen LogP contribution in [0.2, 0.25) is 0 Å². The van der Waals surface area contributed by atoms with Gasteiger partial charge in [-0.15, -0.1) is 0 Å². The first-order valence-corrected chi connectivity index (χ1v) is 16.0. The molecule has 0 heterocycles. The smallest absolute Gasteiger partial charge is 0.343 e. The lowest BCUT2D eigenvalue weighted by Gasteiger charge is -2.07. The van der Waals surface area contributed by atoms with Gasteiger partial charge in [0.2, 0.25) is 5.43 Å². The molecule has 0 amide bonds. The van der Waals surface area contributed by atoms with E-state index in [0.717, 1.165) is 25.7 Å². The van der Waals surface area contributed by atoms with E-state index in [1.807, 2.05) is 0 Å². The van der Waals surface area contributed by atoms with Crippen LogP contribution in [0.3, 0.4) is 0 Å². The Morgan fingerprint density at radius 2 is 0.909 bits per heavy atom. The fourth-order valence-electron chi connectivity index (χ4n) is 4.50. The van der Waals surface area contributed by atoms with Crippen molar-refractivity contribution in [3.05, 3.63) is 94.1 Å². The predicted octanol–water partition coefficient (Wildman–Crippen LogP) is 8.96. The van der Waals surface area contributed by atoms with E-state index in [4.69, 9.17) is 18.9 Å². The van der Waals surface area contributed by atoms with Gasteiger partial charge in [-0.25, -0.2) is 9.59 Å². The molecule has 0 aliphatic heterocycles. The summed E-state index contributed by atoms with van der Waals surface area (Å²) in [5.41, 5.74) is 0.103. The number of benzene rings is 2. The first kappa shape index (κ1) is 34.4. The molecule has 3 aromatic carbocycles. The van der Waals surface area contributed by atoms with Crippen molar-refractivity contribution >= 4 is 11.9 Å². The van der Waals surface area contributed by atoms with Crippen LogP contribution in [0.15, 0.2) is 77.6 Å². The van der Waals surface area contributed by atoms with E-state index in [1.54, 1.807) is 48.5 Å². The molecule has 0 saturated heterocycles. The van der Waals surface area contributed by atoms with Gasteiger partial charge in [-0.2, -0.15) is 0 Å². The molecule has 0 N–H and O–H groups in total. The third kappa shape index (κ3) is 12.6. The SMILES string of the molecule is CCCCCCCCCCCCOc1ccc(C(=O)Oc2ccc(OC(=O)c3ccc(OCCCC)cc3)ccc2=O)cc1. The van der Waals surface area contributed by atoms with E-state index in [-0.39, 0.29) is 17.1 Å². The van der Waals surface area contributed by atoms with Gasteiger partial charge in [0.1, 0.15) is 17.2 Å². The molecule has 0 aliphatic carbocycles. The zero-order valence-corrected chi connectivity index (χ0v) is 26.2. The lowest BCUT2D eigenvalue weighted by atomic mass is 10.1. The van der Waals surface area contributed by atoms with Crippen molar-refractivity contribution < 1.29 is 28.5 Å². The van der Waals surface area contributed by atoms with E-state index >= 15 is 0 Å². The average Bonchev–Trinajstić information content (AvgIpc) is 3.21. The van der Waals surface area contributed by atoms with Gasteiger partial charge in [-0.05, 0) is 85.6 Å². The fourth-order valence-corrected chi connectivity index (χ4v) is 4.50. The number of unbranched alkanes of at least 4 members (excludes halogenated alkanes) is 10. The summed E-state index contributed by atoms with van der Waals surface area (Å²) in [4.78, 5) is 37.8. The second-order valence-electron chi connectivity index (χ2n) is 10.9. The van der Waals surface area contributed by atoms with E-state index < -0.39 is 17.4 Å². The van der Waals surface area contributed by atoms with Crippen LogP contribution >= 0.6 is 0 Å². The van der Waals surface area contributed by atoms with Gasteiger partial charge >= 0.3 is 11.9 Å². The number of carbonyl (C=O) groups is 2. The molecule has 0 aromatic heterocycles. The van der Waals surface area contributed by atoms with Crippen LogP contribution in [-0.4, -0.2) is 25.2 Å². The molecule has 7 heteroatoms. The second kappa shape index (κ2) is 19.9. The van der Waals surface area contributed by atoms with Crippen molar-refractivity contribution in [3.63, 3.8) is 0 Å². The summed E-state index contributed by atoms with van der Waals surface area (Å²) in [6.45, 7) is 5.58. The van der Waals surface area contributed by atoms with Gasteiger partial charge in [0.15, 0.2) is 5.75 Å². The van der Waals surface area contributed by atoms with Crippen molar-refractivity contribution in [2.24, 2.45) is 0 Å². The van der Waals surface area contributed by atoms with Crippen molar-refractivity contribution in [1.29, 1.82) is 0 Å². The molecule has 0 radical (unpaired) electrons. The monoisotopic (exact) mass is 602 g/mol. The van der Waals surface area contributed by atoms with Crippen LogP contribution < -0.4 is 24.4 Å². The summed E-state index contributed by atoms with van der Waals surface area (Å²) < 4.78 is 22.2. The lowest BCUT2D eigenvalue weighted by molar-refractivity contribution is 0.0722. The van der Waals surface area contributed by atoms with Crippen LogP contribution in [0.25, 0.3) is 0 Å². The Hall–Kier alpha value is -4.13. The van der Waals surface area contributed by atoms with Crippen molar-refractivity contribution in [2.75, 3.05) is 13.2 Å².